The van der Waals surface area contributed by atoms with Gasteiger partial charge in [0.1, 0.15) is 0 Å². The molecule has 0 atom stereocenters. The van der Waals surface area contributed by atoms with Gasteiger partial charge >= 0.3 is 0 Å². The van der Waals surface area contributed by atoms with Gasteiger partial charge in [0.05, 0.1) is 17.3 Å². The first-order valence-corrected chi connectivity index (χ1v) is 5.53. The molecule has 0 aliphatic heterocycles. The second-order valence-corrected chi connectivity index (χ2v) is 4.20. The van der Waals surface area contributed by atoms with Crippen LogP contribution in [0.15, 0.2) is 24.4 Å². The minimum atomic E-state index is -0.0566. The van der Waals surface area contributed by atoms with E-state index in [4.69, 9.17) is 0 Å². The minimum absolute atomic E-state index is 0.0566. The summed E-state index contributed by atoms with van der Waals surface area (Å²) in [5.74, 6) is -0.0566. The van der Waals surface area contributed by atoms with E-state index in [0.717, 1.165) is 17.4 Å². The number of aromatic amines is 1. The maximum Gasteiger partial charge on any atom is 0.252 e. The quantitative estimate of drug-likeness (QED) is 0.821. The van der Waals surface area contributed by atoms with Crippen molar-refractivity contribution < 1.29 is 4.79 Å². The van der Waals surface area contributed by atoms with E-state index in [9.17, 15) is 4.79 Å². The van der Waals surface area contributed by atoms with Crippen molar-refractivity contribution in [3.63, 3.8) is 0 Å². The number of rotatable bonds is 4. The molecule has 0 radical (unpaired) electrons. The van der Waals surface area contributed by atoms with Gasteiger partial charge in [0.2, 0.25) is 0 Å². The predicted molar refractivity (Wildman–Crippen MR) is 67.0 cm³/mol. The number of carbonyl (C=O) groups is 1. The lowest BCUT2D eigenvalue weighted by Gasteiger charge is -2.10. The molecule has 1 heterocycles. The Morgan fingerprint density at radius 2 is 2.29 bits per heavy atom. The lowest BCUT2D eigenvalue weighted by molar-refractivity contribution is 0.0952. The van der Waals surface area contributed by atoms with E-state index in [1.165, 1.54) is 0 Å². The third-order valence-electron chi connectivity index (χ3n) is 2.57. The Morgan fingerprint density at radius 3 is 3.06 bits per heavy atom. The molecule has 0 fully saturated rings. The SMILES string of the molecule is CN(C)CCNC(=O)c1cccc2[nH]ncc12. The number of amides is 1. The first kappa shape index (κ1) is 11.6. The topological polar surface area (TPSA) is 61.0 Å². The first-order chi connectivity index (χ1) is 8.18. The van der Waals surface area contributed by atoms with E-state index in [-0.39, 0.29) is 5.91 Å². The monoisotopic (exact) mass is 232 g/mol. The van der Waals surface area contributed by atoms with Gasteiger partial charge in [-0.2, -0.15) is 5.10 Å². The van der Waals surface area contributed by atoms with Crippen molar-refractivity contribution in [2.75, 3.05) is 27.2 Å². The minimum Gasteiger partial charge on any atom is -0.351 e. The van der Waals surface area contributed by atoms with Crippen LogP contribution in [0, 0.1) is 0 Å². The van der Waals surface area contributed by atoms with Crippen LogP contribution in [0.2, 0.25) is 0 Å². The highest BCUT2D eigenvalue weighted by molar-refractivity contribution is 6.05. The van der Waals surface area contributed by atoms with Gasteiger partial charge in [-0.25, -0.2) is 0 Å². The Kier molecular flexibility index (Phi) is 3.39. The van der Waals surface area contributed by atoms with E-state index in [0.29, 0.717) is 12.1 Å². The highest BCUT2D eigenvalue weighted by Gasteiger charge is 2.10. The number of nitrogens with one attached hydrogen (secondary N) is 2. The standard InChI is InChI=1S/C12H16N4O/c1-16(2)7-6-13-12(17)9-4-3-5-11-10(9)8-14-15-11/h3-5,8H,6-7H2,1-2H3,(H,13,17)(H,14,15). The largest absolute Gasteiger partial charge is 0.351 e. The Bertz CT molecular complexity index is 518. The molecule has 17 heavy (non-hydrogen) atoms. The molecule has 1 amide bonds. The lowest BCUT2D eigenvalue weighted by Crippen LogP contribution is -2.31. The van der Waals surface area contributed by atoms with Crippen LogP contribution in [0.25, 0.3) is 10.9 Å². The molecule has 2 rings (SSSR count). The van der Waals surface area contributed by atoms with Crippen molar-refractivity contribution in [3.05, 3.63) is 30.0 Å². The van der Waals surface area contributed by atoms with Crippen LogP contribution in [0.4, 0.5) is 0 Å². The summed E-state index contributed by atoms with van der Waals surface area (Å²) in [6, 6.07) is 5.56. The molecular formula is C12H16N4O. The second-order valence-electron chi connectivity index (χ2n) is 4.20. The average Bonchev–Trinajstić information content (AvgIpc) is 2.75. The molecule has 1 aromatic carbocycles. The van der Waals surface area contributed by atoms with E-state index in [1.807, 2.05) is 37.2 Å². The van der Waals surface area contributed by atoms with Crippen LogP contribution < -0.4 is 5.32 Å². The Morgan fingerprint density at radius 1 is 1.47 bits per heavy atom. The van der Waals surface area contributed by atoms with Crippen molar-refractivity contribution in [1.82, 2.24) is 20.4 Å². The Balaban J connectivity index is 2.11. The number of hydrogen-bond acceptors (Lipinski definition) is 3. The summed E-state index contributed by atoms with van der Waals surface area (Å²) in [5.41, 5.74) is 1.54. The van der Waals surface area contributed by atoms with Gasteiger partial charge in [-0.3, -0.25) is 9.89 Å². The van der Waals surface area contributed by atoms with Crippen LogP contribution in [0.1, 0.15) is 10.4 Å². The molecule has 2 aromatic rings. The molecule has 0 aliphatic carbocycles. The number of aromatic nitrogens is 2. The lowest BCUT2D eigenvalue weighted by atomic mass is 10.1. The molecule has 5 heteroatoms. The Hall–Kier alpha value is -1.88. The summed E-state index contributed by atoms with van der Waals surface area (Å²) in [5, 5.41) is 10.5. The van der Waals surface area contributed by atoms with Gasteiger partial charge in [-0.1, -0.05) is 6.07 Å². The van der Waals surface area contributed by atoms with Gasteiger partial charge in [0.25, 0.3) is 5.91 Å². The number of benzene rings is 1. The maximum absolute atomic E-state index is 12.0. The fraction of sp³-hybridized carbons (Fsp3) is 0.333. The molecule has 0 bridgehead atoms. The van der Waals surface area contributed by atoms with Gasteiger partial charge < -0.3 is 10.2 Å². The zero-order valence-electron chi connectivity index (χ0n) is 10.0. The molecule has 0 spiro atoms. The number of hydrogen-bond donors (Lipinski definition) is 2. The first-order valence-electron chi connectivity index (χ1n) is 5.53. The summed E-state index contributed by atoms with van der Waals surface area (Å²) in [7, 11) is 3.95. The third kappa shape index (κ3) is 2.62. The fourth-order valence-corrected chi connectivity index (χ4v) is 1.65. The molecule has 0 aliphatic rings. The summed E-state index contributed by atoms with van der Waals surface area (Å²) >= 11 is 0. The zero-order chi connectivity index (χ0) is 12.3. The molecule has 0 saturated carbocycles. The van der Waals surface area contributed by atoms with Gasteiger partial charge in [-0.15, -0.1) is 0 Å². The second kappa shape index (κ2) is 4.97. The van der Waals surface area contributed by atoms with Crippen LogP contribution in [-0.4, -0.2) is 48.2 Å². The predicted octanol–water partition coefficient (Wildman–Crippen LogP) is 0.854. The van der Waals surface area contributed by atoms with Crippen LogP contribution in [-0.2, 0) is 0 Å². The summed E-state index contributed by atoms with van der Waals surface area (Å²) in [6.07, 6.45) is 1.68. The molecule has 1 aromatic heterocycles. The molecule has 0 unspecified atom stereocenters. The Labute approximate surface area is 99.8 Å². The molecule has 0 saturated heterocycles. The normalized spacial score (nSPS) is 11.0. The molecular weight excluding hydrogens is 216 g/mol. The van der Waals surface area contributed by atoms with Crippen molar-refractivity contribution >= 4 is 16.8 Å². The van der Waals surface area contributed by atoms with Gasteiger partial charge in [0, 0.05) is 18.5 Å². The van der Waals surface area contributed by atoms with Gasteiger partial charge in [0.15, 0.2) is 0 Å². The highest BCUT2D eigenvalue weighted by atomic mass is 16.1. The smallest absolute Gasteiger partial charge is 0.252 e. The number of fused-ring (bicyclic) bond motifs is 1. The number of H-pyrrole nitrogens is 1. The average molecular weight is 232 g/mol. The van der Waals surface area contributed by atoms with Crippen molar-refractivity contribution in [2.24, 2.45) is 0 Å². The van der Waals surface area contributed by atoms with Crippen molar-refractivity contribution in [1.29, 1.82) is 0 Å². The fourth-order valence-electron chi connectivity index (χ4n) is 1.65. The maximum atomic E-state index is 12.0. The van der Waals surface area contributed by atoms with Crippen LogP contribution >= 0.6 is 0 Å². The summed E-state index contributed by atoms with van der Waals surface area (Å²) in [4.78, 5) is 14.0. The third-order valence-corrected chi connectivity index (χ3v) is 2.57. The number of nitrogens with zero attached hydrogens (tertiary/aromatic N) is 2. The summed E-state index contributed by atoms with van der Waals surface area (Å²) < 4.78 is 0. The highest BCUT2D eigenvalue weighted by Crippen LogP contribution is 2.15. The summed E-state index contributed by atoms with van der Waals surface area (Å²) in [6.45, 7) is 1.47. The molecule has 90 valence electrons. The van der Waals surface area contributed by atoms with Crippen molar-refractivity contribution in [3.8, 4) is 0 Å². The van der Waals surface area contributed by atoms with E-state index in [2.05, 4.69) is 15.5 Å². The number of carbonyl (C=O) groups excluding carboxylic acids is 1. The molecule has 5 nitrogen and oxygen atoms in total. The van der Waals surface area contributed by atoms with E-state index >= 15 is 0 Å². The van der Waals surface area contributed by atoms with E-state index < -0.39 is 0 Å². The van der Waals surface area contributed by atoms with Crippen LogP contribution in [0.3, 0.4) is 0 Å². The number of likely N-dealkylation sites (N-methyl/N-ethyl adjacent to an activating group) is 1. The van der Waals surface area contributed by atoms with E-state index in [1.54, 1.807) is 6.20 Å². The van der Waals surface area contributed by atoms with Crippen molar-refractivity contribution in [2.45, 2.75) is 0 Å². The van der Waals surface area contributed by atoms with Crippen LogP contribution in [0.5, 0.6) is 0 Å². The zero-order valence-corrected chi connectivity index (χ0v) is 10.0. The van der Waals surface area contributed by atoms with Gasteiger partial charge in [-0.05, 0) is 26.2 Å². The molecule has 2 N–H and O–H groups in total.